The molecule has 0 heterocycles. The Kier molecular flexibility index (Phi) is 5.17. The maximum atomic E-state index is 11.7. The van der Waals surface area contributed by atoms with Crippen molar-refractivity contribution in [2.75, 3.05) is 20.3 Å². The quantitative estimate of drug-likeness (QED) is 0.439. The molecule has 0 radical (unpaired) electrons. The summed E-state index contributed by atoms with van der Waals surface area (Å²) in [5, 5.41) is 0. The number of ether oxygens (including phenoxy) is 3. The van der Waals surface area contributed by atoms with Crippen molar-refractivity contribution in [2.24, 2.45) is 0 Å². The number of methoxy groups -OCH3 is 1. The lowest BCUT2D eigenvalue weighted by molar-refractivity contribution is -0.137. The summed E-state index contributed by atoms with van der Waals surface area (Å²) >= 11 is 0. The van der Waals surface area contributed by atoms with Gasteiger partial charge in [-0.15, -0.1) is 0 Å². The molecule has 0 saturated carbocycles. The largest absolute Gasteiger partial charge is 0.493 e. The summed E-state index contributed by atoms with van der Waals surface area (Å²) in [7, 11) is 1.50. The fraction of sp³-hybridized carbons (Fsp3) is 0.385. The molecule has 0 aliphatic rings. The summed E-state index contributed by atoms with van der Waals surface area (Å²) in [6.07, 6.45) is 0. The minimum absolute atomic E-state index is 0.166. The predicted octanol–water partition coefficient (Wildman–Crippen LogP) is 1.84. The second-order valence-electron chi connectivity index (χ2n) is 3.35. The van der Waals surface area contributed by atoms with Gasteiger partial charge in [-0.3, -0.25) is 4.79 Å². The van der Waals surface area contributed by atoms with E-state index in [0.29, 0.717) is 18.1 Å². The number of Topliss-reactive ketones (excluding diaryl/α,β-unsaturated/α-hetero) is 1. The van der Waals surface area contributed by atoms with E-state index < -0.39 is 11.8 Å². The first kappa shape index (κ1) is 14.0. The van der Waals surface area contributed by atoms with Crippen LogP contribution in [-0.4, -0.2) is 32.1 Å². The lowest BCUT2D eigenvalue weighted by Crippen LogP contribution is -2.17. The molecule has 5 heteroatoms. The van der Waals surface area contributed by atoms with Gasteiger partial charge in [0.15, 0.2) is 11.5 Å². The lowest BCUT2D eigenvalue weighted by atomic mass is 10.1. The number of hydrogen-bond acceptors (Lipinski definition) is 5. The van der Waals surface area contributed by atoms with E-state index in [2.05, 4.69) is 4.74 Å². The number of benzene rings is 1. The zero-order chi connectivity index (χ0) is 13.5. The van der Waals surface area contributed by atoms with Crippen LogP contribution in [0.4, 0.5) is 0 Å². The van der Waals surface area contributed by atoms with Crippen LogP contribution in [0.5, 0.6) is 11.5 Å². The number of carbonyl (C=O) groups is 2. The van der Waals surface area contributed by atoms with Crippen molar-refractivity contribution in [1.82, 2.24) is 0 Å². The Labute approximate surface area is 106 Å². The van der Waals surface area contributed by atoms with Crippen molar-refractivity contribution >= 4 is 11.8 Å². The summed E-state index contributed by atoms with van der Waals surface area (Å²) in [6, 6.07) is 4.56. The molecule has 1 aromatic rings. The standard InChI is InChI=1S/C13H16O5/c1-4-17-11-8-9(6-7-10(11)16-3)12(14)13(15)18-5-2/h6-8H,4-5H2,1-3H3. The Hall–Kier alpha value is -2.04. The number of ketones is 1. The molecule has 0 fully saturated rings. The normalized spacial score (nSPS) is 9.72. The molecule has 5 nitrogen and oxygen atoms in total. The zero-order valence-corrected chi connectivity index (χ0v) is 10.7. The van der Waals surface area contributed by atoms with Gasteiger partial charge in [0, 0.05) is 5.56 Å². The number of rotatable bonds is 6. The van der Waals surface area contributed by atoms with E-state index in [1.54, 1.807) is 13.0 Å². The number of esters is 1. The van der Waals surface area contributed by atoms with Gasteiger partial charge in [0.2, 0.25) is 0 Å². The predicted molar refractivity (Wildman–Crippen MR) is 65.1 cm³/mol. The topological polar surface area (TPSA) is 61.8 Å². The van der Waals surface area contributed by atoms with E-state index in [1.807, 2.05) is 6.92 Å². The highest BCUT2D eigenvalue weighted by Gasteiger charge is 2.19. The first-order valence-electron chi connectivity index (χ1n) is 5.66. The average molecular weight is 252 g/mol. The molecule has 0 N–H and O–H groups in total. The fourth-order valence-corrected chi connectivity index (χ4v) is 1.40. The highest BCUT2D eigenvalue weighted by molar-refractivity contribution is 6.40. The van der Waals surface area contributed by atoms with Crippen LogP contribution in [0.3, 0.4) is 0 Å². The molecule has 0 spiro atoms. The highest BCUT2D eigenvalue weighted by Crippen LogP contribution is 2.28. The number of carbonyl (C=O) groups excluding carboxylic acids is 2. The van der Waals surface area contributed by atoms with Gasteiger partial charge in [0.1, 0.15) is 0 Å². The maximum Gasteiger partial charge on any atom is 0.379 e. The molecule has 0 amide bonds. The Morgan fingerprint density at radius 1 is 1.11 bits per heavy atom. The van der Waals surface area contributed by atoms with Gasteiger partial charge in [-0.2, -0.15) is 0 Å². The average Bonchev–Trinajstić information content (AvgIpc) is 2.38. The molecule has 0 unspecified atom stereocenters. The Morgan fingerprint density at radius 2 is 1.83 bits per heavy atom. The summed E-state index contributed by atoms with van der Waals surface area (Å²) in [4.78, 5) is 23.0. The fourth-order valence-electron chi connectivity index (χ4n) is 1.40. The smallest absolute Gasteiger partial charge is 0.379 e. The second-order valence-corrected chi connectivity index (χ2v) is 3.35. The van der Waals surface area contributed by atoms with E-state index in [-0.39, 0.29) is 12.2 Å². The molecule has 98 valence electrons. The van der Waals surface area contributed by atoms with E-state index in [9.17, 15) is 9.59 Å². The van der Waals surface area contributed by atoms with Crippen molar-refractivity contribution in [3.8, 4) is 11.5 Å². The van der Waals surface area contributed by atoms with Crippen molar-refractivity contribution in [2.45, 2.75) is 13.8 Å². The van der Waals surface area contributed by atoms with Crippen LogP contribution in [0.25, 0.3) is 0 Å². The van der Waals surface area contributed by atoms with E-state index in [0.717, 1.165) is 0 Å². The summed E-state index contributed by atoms with van der Waals surface area (Å²) in [5.74, 6) is -0.627. The summed E-state index contributed by atoms with van der Waals surface area (Å²) in [6.45, 7) is 4.07. The van der Waals surface area contributed by atoms with Crippen LogP contribution < -0.4 is 9.47 Å². The minimum atomic E-state index is -0.870. The molecule has 0 aliphatic carbocycles. The number of hydrogen-bond donors (Lipinski definition) is 0. The molecule has 0 atom stereocenters. The maximum absolute atomic E-state index is 11.7. The van der Waals surface area contributed by atoms with Gasteiger partial charge in [0.25, 0.3) is 5.78 Å². The zero-order valence-electron chi connectivity index (χ0n) is 10.7. The Morgan fingerprint density at radius 3 is 2.39 bits per heavy atom. The van der Waals surface area contributed by atoms with Crippen LogP contribution >= 0.6 is 0 Å². The highest BCUT2D eigenvalue weighted by atomic mass is 16.5. The van der Waals surface area contributed by atoms with Gasteiger partial charge in [0.05, 0.1) is 20.3 Å². The Balaban J connectivity index is 3.00. The van der Waals surface area contributed by atoms with Crippen LogP contribution in [0.2, 0.25) is 0 Å². The second kappa shape index (κ2) is 6.64. The first-order valence-corrected chi connectivity index (χ1v) is 5.66. The minimum Gasteiger partial charge on any atom is -0.493 e. The summed E-state index contributed by atoms with van der Waals surface area (Å²) < 4.78 is 15.1. The molecule has 1 rings (SSSR count). The van der Waals surface area contributed by atoms with E-state index >= 15 is 0 Å². The van der Waals surface area contributed by atoms with Gasteiger partial charge < -0.3 is 14.2 Å². The lowest BCUT2D eigenvalue weighted by Gasteiger charge is -2.10. The van der Waals surface area contributed by atoms with Gasteiger partial charge in [-0.25, -0.2) is 4.79 Å². The van der Waals surface area contributed by atoms with Gasteiger partial charge in [-0.1, -0.05) is 0 Å². The van der Waals surface area contributed by atoms with E-state index in [4.69, 9.17) is 9.47 Å². The van der Waals surface area contributed by atoms with Crippen molar-refractivity contribution in [1.29, 1.82) is 0 Å². The van der Waals surface area contributed by atoms with Gasteiger partial charge >= 0.3 is 5.97 Å². The molecule has 18 heavy (non-hydrogen) atoms. The SMILES string of the molecule is CCOC(=O)C(=O)c1ccc(OC)c(OCC)c1. The molecular weight excluding hydrogens is 236 g/mol. The molecule has 0 aromatic heterocycles. The van der Waals surface area contributed by atoms with Gasteiger partial charge in [-0.05, 0) is 32.0 Å². The van der Waals surface area contributed by atoms with Crippen molar-refractivity contribution in [3.05, 3.63) is 23.8 Å². The van der Waals surface area contributed by atoms with Crippen LogP contribution in [0, 0.1) is 0 Å². The molecular formula is C13H16O5. The van der Waals surface area contributed by atoms with Crippen LogP contribution in [0.1, 0.15) is 24.2 Å². The monoisotopic (exact) mass is 252 g/mol. The van der Waals surface area contributed by atoms with Crippen LogP contribution in [-0.2, 0) is 9.53 Å². The van der Waals surface area contributed by atoms with Crippen molar-refractivity contribution in [3.63, 3.8) is 0 Å². The van der Waals surface area contributed by atoms with Crippen LogP contribution in [0.15, 0.2) is 18.2 Å². The third kappa shape index (κ3) is 3.23. The van der Waals surface area contributed by atoms with E-state index in [1.165, 1.54) is 19.2 Å². The summed E-state index contributed by atoms with van der Waals surface area (Å²) in [5.41, 5.74) is 0.220. The third-order valence-corrected chi connectivity index (χ3v) is 2.19. The molecule has 0 saturated heterocycles. The first-order chi connectivity index (χ1) is 8.63. The molecule has 0 aliphatic heterocycles. The molecule has 1 aromatic carbocycles. The van der Waals surface area contributed by atoms with Crippen molar-refractivity contribution < 1.29 is 23.8 Å². The molecule has 0 bridgehead atoms. The Bertz CT molecular complexity index is 439. The third-order valence-electron chi connectivity index (χ3n) is 2.19.